The number of hydrogen-bond donors (Lipinski definition) is 0. The summed E-state index contributed by atoms with van der Waals surface area (Å²) >= 11 is 4.83. The van der Waals surface area contributed by atoms with Gasteiger partial charge in [-0.1, -0.05) is 24.3 Å². The van der Waals surface area contributed by atoms with E-state index in [-0.39, 0.29) is 11.4 Å². The van der Waals surface area contributed by atoms with Gasteiger partial charge in [-0.2, -0.15) is 10.5 Å². The lowest BCUT2D eigenvalue weighted by Gasteiger charge is -2.09. The van der Waals surface area contributed by atoms with E-state index in [0.717, 1.165) is 8.66 Å². The number of thiophene rings is 1. The number of nitrogens with zero attached hydrogens (tertiary/aromatic N) is 2. The minimum atomic E-state index is -0.562. The van der Waals surface area contributed by atoms with E-state index in [1.165, 1.54) is 11.3 Å². The first-order valence-electron chi connectivity index (χ1n) is 6.10. The predicted molar refractivity (Wildman–Crippen MR) is 83.7 cm³/mol. The average molecular weight is 355 g/mol. The monoisotopic (exact) mass is 354 g/mol. The van der Waals surface area contributed by atoms with Crippen molar-refractivity contribution in [1.29, 1.82) is 10.5 Å². The molecular weight excluding hydrogens is 348 g/mol. The number of hydrogen-bond acceptors (Lipinski definition) is 4. The van der Waals surface area contributed by atoms with Gasteiger partial charge in [0.1, 0.15) is 17.7 Å². The highest BCUT2D eigenvalue weighted by Gasteiger charge is 2.39. The third-order valence-electron chi connectivity index (χ3n) is 3.41. The van der Waals surface area contributed by atoms with E-state index in [9.17, 15) is 15.3 Å². The van der Waals surface area contributed by atoms with Gasteiger partial charge in [0.15, 0.2) is 5.78 Å². The smallest absolute Gasteiger partial charge is 0.176 e. The van der Waals surface area contributed by atoms with Crippen molar-refractivity contribution < 1.29 is 4.79 Å². The predicted octanol–water partition coefficient (Wildman–Crippen LogP) is 4.29. The van der Waals surface area contributed by atoms with Gasteiger partial charge in [-0.15, -0.1) is 11.3 Å². The van der Waals surface area contributed by atoms with Crippen LogP contribution in [-0.4, -0.2) is 5.78 Å². The SMILES string of the molecule is N#CC(C#N)=C1c2ccccc2C(=O)C1c1ccc(Br)s1. The summed E-state index contributed by atoms with van der Waals surface area (Å²) in [5.74, 6) is -0.619. The van der Waals surface area contributed by atoms with Gasteiger partial charge in [0.2, 0.25) is 0 Å². The van der Waals surface area contributed by atoms with Crippen LogP contribution < -0.4 is 0 Å². The molecule has 0 aliphatic heterocycles. The molecule has 1 unspecified atom stereocenters. The summed E-state index contributed by atoms with van der Waals surface area (Å²) in [4.78, 5) is 13.5. The van der Waals surface area contributed by atoms with Gasteiger partial charge in [0, 0.05) is 16.0 Å². The van der Waals surface area contributed by atoms with Crippen molar-refractivity contribution >= 4 is 38.6 Å². The van der Waals surface area contributed by atoms with Crippen molar-refractivity contribution in [1.82, 2.24) is 0 Å². The molecule has 1 atom stereocenters. The molecule has 1 aromatic carbocycles. The maximum atomic E-state index is 12.7. The topological polar surface area (TPSA) is 64.7 Å². The molecule has 0 radical (unpaired) electrons. The Morgan fingerprint density at radius 2 is 1.76 bits per heavy atom. The van der Waals surface area contributed by atoms with Crippen molar-refractivity contribution in [3.05, 3.63) is 61.8 Å². The molecular formula is C16H7BrN2OS. The first-order valence-corrected chi connectivity index (χ1v) is 7.71. The van der Waals surface area contributed by atoms with Crippen LogP contribution in [0.4, 0.5) is 0 Å². The van der Waals surface area contributed by atoms with E-state index in [2.05, 4.69) is 15.9 Å². The Kier molecular flexibility index (Phi) is 3.47. The molecule has 0 fully saturated rings. The van der Waals surface area contributed by atoms with E-state index in [4.69, 9.17) is 0 Å². The fraction of sp³-hybridized carbons (Fsp3) is 0.0625. The largest absolute Gasteiger partial charge is 0.293 e. The van der Waals surface area contributed by atoms with Crippen LogP contribution in [0.2, 0.25) is 0 Å². The Bertz CT molecular complexity index is 851. The number of benzene rings is 1. The number of Topliss-reactive ketones (excluding diaryl/α,β-unsaturated/α-hetero) is 1. The molecule has 0 saturated carbocycles. The van der Waals surface area contributed by atoms with Crippen molar-refractivity contribution in [3.63, 3.8) is 0 Å². The first-order chi connectivity index (χ1) is 10.2. The average Bonchev–Trinajstić information content (AvgIpc) is 3.04. The number of fused-ring (bicyclic) bond motifs is 1. The molecule has 2 aromatic rings. The molecule has 1 aliphatic carbocycles. The molecule has 3 rings (SSSR count). The fourth-order valence-corrected chi connectivity index (χ4v) is 4.09. The number of rotatable bonds is 1. The molecule has 1 heterocycles. The number of halogens is 1. The minimum Gasteiger partial charge on any atom is -0.293 e. The number of nitriles is 2. The third kappa shape index (κ3) is 2.12. The third-order valence-corrected chi connectivity index (χ3v) is 5.09. The van der Waals surface area contributed by atoms with Crippen LogP contribution in [0.1, 0.15) is 26.7 Å². The normalized spacial score (nSPS) is 16.2. The highest BCUT2D eigenvalue weighted by Crippen LogP contribution is 2.47. The van der Waals surface area contributed by atoms with Crippen LogP contribution >= 0.6 is 27.3 Å². The summed E-state index contributed by atoms with van der Waals surface area (Å²) < 4.78 is 0.913. The molecule has 1 aromatic heterocycles. The maximum Gasteiger partial charge on any atom is 0.176 e. The summed E-state index contributed by atoms with van der Waals surface area (Å²) in [7, 11) is 0. The standard InChI is InChI=1S/C16H7BrN2OS/c17-13-6-5-12(21-13)15-14(9(7-18)8-19)10-3-1-2-4-11(10)16(15)20/h1-6,15H. The molecule has 0 bridgehead atoms. The Morgan fingerprint density at radius 1 is 1.10 bits per heavy atom. The van der Waals surface area contributed by atoms with E-state index in [1.807, 2.05) is 30.3 Å². The Hall–Kier alpha value is -2.21. The second-order valence-corrected chi connectivity index (χ2v) is 6.99. The number of allylic oxidation sites excluding steroid dienone is 2. The van der Waals surface area contributed by atoms with Crippen molar-refractivity contribution in [2.45, 2.75) is 5.92 Å². The highest BCUT2D eigenvalue weighted by atomic mass is 79.9. The lowest BCUT2D eigenvalue weighted by molar-refractivity contribution is 0.0987. The van der Waals surface area contributed by atoms with Crippen molar-refractivity contribution in [3.8, 4) is 12.1 Å². The Morgan fingerprint density at radius 3 is 2.33 bits per heavy atom. The summed E-state index contributed by atoms with van der Waals surface area (Å²) in [6.45, 7) is 0. The van der Waals surface area contributed by atoms with E-state index in [1.54, 1.807) is 18.2 Å². The summed E-state index contributed by atoms with van der Waals surface area (Å²) in [6, 6.07) is 14.7. The van der Waals surface area contributed by atoms with E-state index >= 15 is 0 Å². The molecule has 0 saturated heterocycles. The molecule has 0 spiro atoms. The zero-order valence-corrected chi connectivity index (χ0v) is 13.0. The van der Waals surface area contributed by atoms with Gasteiger partial charge in [-0.25, -0.2) is 0 Å². The van der Waals surface area contributed by atoms with Crippen molar-refractivity contribution in [2.75, 3.05) is 0 Å². The van der Waals surface area contributed by atoms with Crippen LogP contribution in [0.15, 0.2) is 45.8 Å². The van der Waals surface area contributed by atoms with Crippen LogP contribution in [-0.2, 0) is 0 Å². The molecule has 100 valence electrons. The minimum absolute atomic E-state index is 0.00261. The molecule has 0 amide bonds. The molecule has 5 heteroatoms. The zero-order chi connectivity index (χ0) is 15.0. The molecule has 0 N–H and O–H groups in total. The van der Waals surface area contributed by atoms with Gasteiger partial charge in [0.25, 0.3) is 0 Å². The second kappa shape index (κ2) is 5.29. The molecule has 3 nitrogen and oxygen atoms in total. The lowest BCUT2D eigenvalue weighted by atomic mass is 9.93. The van der Waals surface area contributed by atoms with E-state index < -0.39 is 5.92 Å². The van der Waals surface area contributed by atoms with Gasteiger partial charge >= 0.3 is 0 Å². The zero-order valence-electron chi connectivity index (χ0n) is 10.6. The molecule has 1 aliphatic rings. The number of carbonyl (C=O) groups is 1. The number of ketones is 1. The van der Waals surface area contributed by atoms with Gasteiger partial charge < -0.3 is 0 Å². The highest BCUT2D eigenvalue weighted by molar-refractivity contribution is 9.11. The summed E-state index contributed by atoms with van der Waals surface area (Å²) in [6.07, 6.45) is 0. The molecule has 21 heavy (non-hydrogen) atoms. The van der Waals surface area contributed by atoms with Crippen LogP contribution in [0, 0.1) is 22.7 Å². The fourth-order valence-electron chi connectivity index (χ4n) is 2.55. The van der Waals surface area contributed by atoms with Gasteiger partial charge in [-0.05, 0) is 33.6 Å². The van der Waals surface area contributed by atoms with Gasteiger partial charge in [0.05, 0.1) is 9.70 Å². The Balaban J connectivity index is 2.31. The van der Waals surface area contributed by atoms with E-state index in [0.29, 0.717) is 16.7 Å². The Labute approximate surface area is 133 Å². The van der Waals surface area contributed by atoms with Crippen LogP contribution in [0.25, 0.3) is 5.57 Å². The maximum absolute atomic E-state index is 12.7. The summed E-state index contributed by atoms with van der Waals surface area (Å²) in [5.41, 5.74) is 1.79. The second-order valence-electron chi connectivity index (χ2n) is 4.50. The van der Waals surface area contributed by atoms with Crippen LogP contribution in [0.5, 0.6) is 0 Å². The lowest BCUT2D eigenvalue weighted by Crippen LogP contribution is -2.05. The van der Waals surface area contributed by atoms with Crippen LogP contribution in [0.3, 0.4) is 0 Å². The number of carbonyl (C=O) groups excluding carboxylic acids is 1. The quantitative estimate of drug-likeness (QED) is 0.717. The van der Waals surface area contributed by atoms with Gasteiger partial charge in [-0.3, -0.25) is 4.79 Å². The van der Waals surface area contributed by atoms with Crippen molar-refractivity contribution in [2.24, 2.45) is 0 Å². The first kappa shape index (κ1) is 13.8. The summed E-state index contributed by atoms with van der Waals surface area (Å²) in [5, 5.41) is 18.4.